The number of nitrogens with zero attached hydrogens (tertiary/aromatic N) is 1. The number of rotatable bonds is 7. The maximum Gasteiger partial charge on any atom is 0.264 e. The zero-order valence-corrected chi connectivity index (χ0v) is 19.5. The van der Waals surface area contributed by atoms with Gasteiger partial charge < -0.3 is 18.9 Å². The van der Waals surface area contributed by atoms with Crippen molar-refractivity contribution in [2.75, 3.05) is 20.8 Å². The van der Waals surface area contributed by atoms with E-state index in [1.807, 2.05) is 0 Å². The molecule has 2 aliphatic rings. The van der Waals surface area contributed by atoms with E-state index in [1.54, 1.807) is 45.9 Å². The second-order valence-corrected chi connectivity index (χ2v) is 10.7. The van der Waals surface area contributed by atoms with Crippen LogP contribution in [-0.4, -0.2) is 75.3 Å². The van der Waals surface area contributed by atoms with Gasteiger partial charge in [0.2, 0.25) is 0 Å². The zero-order chi connectivity index (χ0) is 23.0. The van der Waals surface area contributed by atoms with Crippen molar-refractivity contribution in [1.29, 1.82) is 0 Å². The fraction of sp³-hybridized carbons (Fsp3) is 0.667. The summed E-state index contributed by atoms with van der Waals surface area (Å²) >= 11 is 0. The van der Waals surface area contributed by atoms with Crippen molar-refractivity contribution in [3.05, 3.63) is 30.3 Å². The van der Waals surface area contributed by atoms with Crippen LogP contribution >= 0.6 is 0 Å². The lowest BCUT2D eigenvalue weighted by Crippen LogP contribution is -2.46. The highest BCUT2D eigenvalue weighted by Crippen LogP contribution is 2.38. The van der Waals surface area contributed by atoms with E-state index in [-0.39, 0.29) is 17.9 Å². The van der Waals surface area contributed by atoms with Gasteiger partial charge >= 0.3 is 0 Å². The minimum atomic E-state index is -4.03. The van der Waals surface area contributed by atoms with Crippen LogP contribution in [0, 0.1) is 0 Å². The van der Waals surface area contributed by atoms with Gasteiger partial charge in [-0.05, 0) is 39.8 Å². The molecule has 31 heavy (non-hydrogen) atoms. The predicted molar refractivity (Wildman–Crippen MR) is 111 cm³/mol. The molecule has 2 heterocycles. The molecule has 1 aromatic rings. The van der Waals surface area contributed by atoms with E-state index in [1.165, 1.54) is 26.3 Å². The van der Waals surface area contributed by atoms with E-state index in [4.69, 9.17) is 23.8 Å². The molecule has 0 bridgehead atoms. The molecule has 0 saturated carbocycles. The van der Waals surface area contributed by atoms with Crippen LogP contribution in [0.15, 0.2) is 35.2 Å². The number of amides is 1. The molecule has 0 aromatic heterocycles. The van der Waals surface area contributed by atoms with Crippen LogP contribution in [0.2, 0.25) is 0 Å². The first-order valence-corrected chi connectivity index (χ1v) is 11.7. The molecule has 2 fully saturated rings. The largest absolute Gasteiger partial charge is 0.348 e. The molecule has 10 heteroatoms. The van der Waals surface area contributed by atoms with E-state index in [9.17, 15) is 13.2 Å². The van der Waals surface area contributed by atoms with Gasteiger partial charge in [0.1, 0.15) is 17.5 Å². The van der Waals surface area contributed by atoms with Gasteiger partial charge in [0.15, 0.2) is 21.4 Å². The Bertz CT molecular complexity index is 886. The monoisotopic (exact) mass is 457 g/mol. The Balaban J connectivity index is 1.93. The fourth-order valence-corrected chi connectivity index (χ4v) is 5.60. The smallest absolute Gasteiger partial charge is 0.264 e. The Labute approximate surface area is 183 Å². The fourth-order valence-electron chi connectivity index (χ4n) is 3.88. The minimum Gasteiger partial charge on any atom is -0.348 e. The number of carbonyl (C=O) groups excluding carboxylic acids is 1. The van der Waals surface area contributed by atoms with Gasteiger partial charge in [-0.1, -0.05) is 18.2 Å². The molecule has 0 N–H and O–H groups in total. The molecule has 2 aliphatic heterocycles. The van der Waals surface area contributed by atoms with Crippen LogP contribution in [0.25, 0.3) is 0 Å². The molecule has 1 amide bonds. The first kappa shape index (κ1) is 24.1. The Morgan fingerprint density at radius 1 is 1.13 bits per heavy atom. The topological polar surface area (TPSA) is 101 Å². The highest BCUT2D eigenvalue weighted by molar-refractivity contribution is 7.92. The normalized spacial score (nSPS) is 28.4. The van der Waals surface area contributed by atoms with E-state index in [2.05, 4.69) is 0 Å². The van der Waals surface area contributed by atoms with Gasteiger partial charge in [0.25, 0.3) is 5.91 Å². The third-order valence-corrected chi connectivity index (χ3v) is 7.44. The molecule has 9 nitrogen and oxygen atoms in total. The molecule has 1 unspecified atom stereocenters. The number of hydrogen-bond donors (Lipinski definition) is 0. The van der Waals surface area contributed by atoms with Crippen molar-refractivity contribution < 1.29 is 37.0 Å². The summed E-state index contributed by atoms with van der Waals surface area (Å²) < 4.78 is 50.5. The van der Waals surface area contributed by atoms with E-state index >= 15 is 0 Å². The maximum absolute atomic E-state index is 13.4. The molecular formula is C21H31NO8S. The molecule has 174 valence electrons. The number of carbonyl (C=O) groups is 1. The van der Waals surface area contributed by atoms with Crippen molar-refractivity contribution >= 4 is 15.7 Å². The third kappa shape index (κ3) is 5.27. The summed E-state index contributed by atoms with van der Waals surface area (Å²) in [6.45, 7) is 7.34. The van der Waals surface area contributed by atoms with Crippen LogP contribution in [0.3, 0.4) is 0 Å². The van der Waals surface area contributed by atoms with Gasteiger partial charge in [-0.2, -0.15) is 0 Å². The molecular weight excluding hydrogens is 426 g/mol. The molecule has 0 radical (unpaired) electrons. The quantitative estimate of drug-likeness (QED) is 0.573. The molecule has 1 aromatic carbocycles. The zero-order valence-electron chi connectivity index (χ0n) is 18.7. The predicted octanol–water partition coefficient (Wildman–Crippen LogP) is 1.91. The Kier molecular flexibility index (Phi) is 6.81. The summed E-state index contributed by atoms with van der Waals surface area (Å²) in [4.78, 5) is 18.1. The molecule has 0 spiro atoms. The molecule has 4 atom stereocenters. The van der Waals surface area contributed by atoms with Gasteiger partial charge in [-0.3, -0.25) is 9.63 Å². The Hall–Kier alpha value is -1.56. The average molecular weight is 458 g/mol. The third-order valence-electron chi connectivity index (χ3n) is 5.37. The number of sulfone groups is 1. The molecule has 2 saturated heterocycles. The van der Waals surface area contributed by atoms with Crippen molar-refractivity contribution in [3.63, 3.8) is 0 Å². The highest BCUT2D eigenvalue weighted by atomic mass is 32.2. The maximum atomic E-state index is 13.4. The van der Waals surface area contributed by atoms with Crippen molar-refractivity contribution in [2.24, 2.45) is 0 Å². The Morgan fingerprint density at radius 2 is 1.77 bits per heavy atom. The summed E-state index contributed by atoms with van der Waals surface area (Å²) in [6, 6.07) is 7.87. The number of hydrogen-bond acceptors (Lipinski definition) is 8. The standard InChI is InChI=1S/C21H31NO8S/c1-20(2)27-13-16(29-20)18-15(28-21(3,4)30-18)12-17(19(23)22(5)26-6)31(24,25)14-10-8-7-9-11-14/h7-11,15-18H,12-13H2,1-6H3/t15-,16+,17?,18-/m0/s1. The summed E-state index contributed by atoms with van der Waals surface area (Å²) in [6.07, 6.45) is -1.91. The second kappa shape index (κ2) is 8.76. The second-order valence-electron chi connectivity index (χ2n) is 8.61. The van der Waals surface area contributed by atoms with Crippen molar-refractivity contribution in [2.45, 2.75) is 74.1 Å². The van der Waals surface area contributed by atoms with E-state index < -0.39 is 50.9 Å². The van der Waals surface area contributed by atoms with E-state index in [0.29, 0.717) is 0 Å². The number of hydroxylamine groups is 2. The lowest BCUT2D eigenvalue weighted by atomic mass is 10.0. The summed E-state index contributed by atoms with van der Waals surface area (Å²) in [7, 11) is -1.35. The van der Waals surface area contributed by atoms with Gasteiger partial charge in [0, 0.05) is 13.5 Å². The first-order chi connectivity index (χ1) is 14.4. The van der Waals surface area contributed by atoms with Gasteiger partial charge in [-0.15, -0.1) is 0 Å². The van der Waals surface area contributed by atoms with Gasteiger partial charge in [0.05, 0.1) is 24.7 Å². The van der Waals surface area contributed by atoms with Crippen LogP contribution in [0.5, 0.6) is 0 Å². The van der Waals surface area contributed by atoms with Crippen molar-refractivity contribution in [1.82, 2.24) is 5.06 Å². The number of benzene rings is 1. The summed E-state index contributed by atoms with van der Waals surface area (Å²) in [5.74, 6) is -2.45. The number of ether oxygens (including phenoxy) is 4. The first-order valence-electron chi connectivity index (χ1n) is 10.1. The average Bonchev–Trinajstić information content (AvgIpc) is 3.23. The van der Waals surface area contributed by atoms with Crippen LogP contribution < -0.4 is 0 Å². The highest BCUT2D eigenvalue weighted by Gasteiger charge is 2.52. The SMILES string of the molecule is CON(C)C(=O)C(C[C@@H]1OC(C)(C)O[C@@H]1[C@H]1COC(C)(C)O1)S(=O)(=O)c1ccccc1. The van der Waals surface area contributed by atoms with Crippen LogP contribution in [0.4, 0.5) is 0 Å². The van der Waals surface area contributed by atoms with Crippen LogP contribution in [-0.2, 0) is 38.4 Å². The van der Waals surface area contributed by atoms with Crippen molar-refractivity contribution in [3.8, 4) is 0 Å². The minimum absolute atomic E-state index is 0.0501. The van der Waals surface area contributed by atoms with E-state index in [0.717, 1.165) is 5.06 Å². The molecule has 3 rings (SSSR count). The summed E-state index contributed by atoms with van der Waals surface area (Å²) in [5, 5.41) is -0.514. The van der Waals surface area contributed by atoms with Gasteiger partial charge in [-0.25, -0.2) is 13.5 Å². The Morgan fingerprint density at radius 3 is 2.32 bits per heavy atom. The van der Waals surface area contributed by atoms with Crippen LogP contribution in [0.1, 0.15) is 34.1 Å². The summed E-state index contributed by atoms with van der Waals surface area (Å²) in [5.41, 5.74) is 0. The lowest BCUT2D eigenvalue weighted by Gasteiger charge is -2.27. The molecule has 0 aliphatic carbocycles. The lowest BCUT2D eigenvalue weighted by molar-refractivity contribution is -0.175.